The number of benzene rings is 1. The minimum atomic E-state index is -0.470. The van der Waals surface area contributed by atoms with Gasteiger partial charge in [-0.15, -0.1) is 0 Å². The van der Waals surface area contributed by atoms with Gasteiger partial charge in [0.25, 0.3) is 0 Å². The maximum atomic E-state index is 12.8. The zero-order valence-corrected chi connectivity index (χ0v) is 18.2. The standard InChI is InChI=1S/C23H32N4O4/c1-17(2)25-12-10-20(11-13-25)30-16-24-22(28)21-9-8-19-14-26(21)23(29)27(19)31-15-18-6-4-3-5-7-18/h3-7,19-21H,1,8-16H2,2H3,(H,24,28)/t19-,21+/m1/s1. The number of hydroxylamine groups is 2. The Bertz CT molecular complexity index is 794. The number of hydrogen-bond acceptors (Lipinski definition) is 5. The van der Waals surface area contributed by atoms with Crippen LogP contribution >= 0.6 is 0 Å². The third-order valence-corrected chi connectivity index (χ3v) is 6.39. The number of ether oxygens (including phenoxy) is 1. The highest BCUT2D eigenvalue weighted by molar-refractivity contribution is 5.88. The number of carbonyl (C=O) groups excluding carboxylic acids is 2. The Labute approximate surface area is 183 Å². The molecule has 0 spiro atoms. The molecule has 1 aromatic rings. The smallest absolute Gasteiger partial charge is 0.345 e. The van der Waals surface area contributed by atoms with Crippen LogP contribution in [0.5, 0.6) is 0 Å². The second-order valence-electron chi connectivity index (χ2n) is 8.54. The van der Waals surface area contributed by atoms with Crippen LogP contribution in [0.25, 0.3) is 0 Å². The first kappa shape index (κ1) is 21.6. The van der Waals surface area contributed by atoms with Crippen LogP contribution in [0.15, 0.2) is 42.6 Å². The molecule has 2 atom stereocenters. The van der Waals surface area contributed by atoms with Gasteiger partial charge in [-0.3, -0.25) is 9.63 Å². The fraction of sp³-hybridized carbons (Fsp3) is 0.565. The minimum Gasteiger partial charge on any atom is -0.375 e. The summed E-state index contributed by atoms with van der Waals surface area (Å²) in [6, 6.07) is 9.06. The zero-order chi connectivity index (χ0) is 21.8. The molecule has 3 aliphatic rings. The van der Waals surface area contributed by atoms with Crippen molar-refractivity contribution in [1.82, 2.24) is 20.2 Å². The molecule has 4 rings (SSSR count). The molecule has 0 unspecified atom stereocenters. The Balaban J connectivity index is 1.22. The summed E-state index contributed by atoms with van der Waals surface area (Å²) in [6.45, 7) is 8.89. The van der Waals surface area contributed by atoms with Crippen molar-refractivity contribution in [1.29, 1.82) is 0 Å². The Morgan fingerprint density at radius 3 is 2.61 bits per heavy atom. The van der Waals surface area contributed by atoms with E-state index in [1.807, 2.05) is 37.3 Å². The Morgan fingerprint density at radius 2 is 1.90 bits per heavy atom. The lowest BCUT2D eigenvalue weighted by atomic mass is 10.0. The maximum absolute atomic E-state index is 12.8. The molecule has 0 saturated carbocycles. The molecule has 0 aromatic heterocycles. The first-order valence-corrected chi connectivity index (χ1v) is 11.1. The molecule has 1 aromatic carbocycles. The summed E-state index contributed by atoms with van der Waals surface area (Å²) in [5.41, 5.74) is 2.09. The number of amides is 3. The van der Waals surface area contributed by atoms with E-state index in [9.17, 15) is 9.59 Å². The largest absolute Gasteiger partial charge is 0.375 e. The molecule has 3 saturated heterocycles. The van der Waals surface area contributed by atoms with Crippen molar-refractivity contribution in [3.63, 3.8) is 0 Å². The van der Waals surface area contributed by atoms with Crippen LogP contribution in [0, 0.1) is 0 Å². The number of nitrogens with zero attached hydrogens (tertiary/aromatic N) is 3. The number of nitrogens with one attached hydrogen (secondary N) is 1. The molecular formula is C23H32N4O4. The first-order valence-electron chi connectivity index (χ1n) is 11.1. The van der Waals surface area contributed by atoms with Gasteiger partial charge >= 0.3 is 6.03 Å². The number of likely N-dealkylation sites (tertiary alicyclic amines) is 1. The maximum Gasteiger partial charge on any atom is 0.345 e. The van der Waals surface area contributed by atoms with E-state index in [2.05, 4.69) is 16.8 Å². The number of carbonyl (C=O) groups is 2. The summed E-state index contributed by atoms with van der Waals surface area (Å²) in [4.78, 5) is 35.3. The Hall–Kier alpha value is -2.58. The quantitative estimate of drug-likeness (QED) is 0.644. The number of urea groups is 1. The van der Waals surface area contributed by atoms with Gasteiger partial charge in [-0.25, -0.2) is 4.79 Å². The zero-order valence-electron chi connectivity index (χ0n) is 18.2. The van der Waals surface area contributed by atoms with Crippen molar-refractivity contribution in [2.24, 2.45) is 0 Å². The molecular weight excluding hydrogens is 396 g/mol. The molecule has 3 fully saturated rings. The van der Waals surface area contributed by atoms with E-state index >= 15 is 0 Å². The fourth-order valence-electron chi connectivity index (χ4n) is 4.54. The van der Waals surface area contributed by atoms with Crippen LogP contribution in [0.1, 0.15) is 38.2 Å². The highest BCUT2D eigenvalue weighted by Crippen LogP contribution is 2.30. The number of allylic oxidation sites excluding steroid dienone is 1. The van der Waals surface area contributed by atoms with E-state index in [-0.39, 0.29) is 30.8 Å². The van der Waals surface area contributed by atoms with Crippen LogP contribution in [0.2, 0.25) is 0 Å². The molecule has 0 radical (unpaired) electrons. The minimum absolute atomic E-state index is 0.00462. The average molecular weight is 429 g/mol. The highest BCUT2D eigenvalue weighted by Gasteiger charge is 2.47. The van der Waals surface area contributed by atoms with Crippen LogP contribution < -0.4 is 5.32 Å². The molecule has 31 heavy (non-hydrogen) atoms. The van der Waals surface area contributed by atoms with E-state index in [1.54, 1.807) is 4.90 Å². The molecule has 3 amide bonds. The second kappa shape index (κ2) is 9.70. The molecule has 1 N–H and O–H groups in total. The van der Waals surface area contributed by atoms with Gasteiger partial charge < -0.3 is 19.9 Å². The van der Waals surface area contributed by atoms with Crippen molar-refractivity contribution in [3.8, 4) is 0 Å². The van der Waals surface area contributed by atoms with E-state index in [0.29, 0.717) is 19.6 Å². The van der Waals surface area contributed by atoms with Crippen LogP contribution in [-0.2, 0) is 21.0 Å². The van der Waals surface area contributed by atoms with Crippen molar-refractivity contribution in [2.45, 2.75) is 57.4 Å². The molecule has 2 bridgehead atoms. The molecule has 168 valence electrons. The Morgan fingerprint density at radius 1 is 1.16 bits per heavy atom. The molecule has 8 heteroatoms. The monoisotopic (exact) mass is 428 g/mol. The van der Waals surface area contributed by atoms with Gasteiger partial charge in [0, 0.05) is 25.3 Å². The third kappa shape index (κ3) is 5.02. The molecule has 0 aliphatic carbocycles. The van der Waals surface area contributed by atoms with Gasteiger partial charge in [-0.2, -0.15) is 5.06 Å². The predicted octanol–water partition coefficient (Wildman–Crippen LogP) is 2.48. The molecule has 3 aliphatic heterocycles. The van der Waals surface area contributed by atoms with Gasteiger partial charge in [0.05, 0.1) is 12.1 Å². The van der Waals surface area contributed by atoms with Crippen molar-refractivity contribution >= 4 is 11.9 Å². The number of hydrogen-bond donors (Lipinski definition) is 1. The summed E-state index contributed by atoms with van der Waals surface area (Å²) in [5.74, 6) is -0.156. The number of rotatable bonds is 8. The van der Waals surface area contributed by atoms with Gasteiger partial charge in [0.2, 0.25) is 5.91 Å². The lowest BCUT2D eigenvalue weighted by molar-refractivity contribution is -0.140. The molecule has 3 heterocycles. The average Bonchev–Trinajstić information content (AvgIpc) is 3.02. The van der Waals surface area contributed by atoms with Crippen molar-refractivity contribution in [3.05, 3.63) is 48.2 Å². The third-order valence-electron chi connectivity index (χ3n) is 6.39. The normalized spacial score (nSPS) is 23.9. The topological polar surface area (TPSA) is 74.4 Å². The van der Waals surface area contributed by atoms with Crippen molar-refractivity contribution < 1.29 is 19.2 Å². The highest BCUT2D eigenvalue weighted by atomic mass is 16.7. The van der Waals surface area contributed by atoms with Gasteiger partial charge in [0.1, 0.15) is 19.4 Å². The molecule has 8 nitrogen and oxygen atoms in total. The predicted molar refractivity (Wildman–Crippen MR) is 115 cm³/mol. The fourth-order valence-corrected chi connectivity index (χ4v) is 4.54. The van der Waals surface area contributed by atoms with E-state index < -0.39 is 6.04 Å². The van der Waals surface area contributed by atoms with E-state index in [1.165, 1.54) is 5.06 Å². The van der Waals surface area contributed by atoms with Gasteiger partial charge in [0.15, 0.2) is 0 Å². The number of fused-ring (bicyclic) bond motifs is 2. The van der Waals surface area contributed by atoms with Gasteiger partial charge in [-0.1, -0.05) is 36.9 Å². The van der Waals surface area contributed by atoms with E-state index in [0.717, 1.165) is 43.6 Å². The summed E-state index contributed by atoms with van der Waals surface area (Å²) >= 11 is 0. The SMILES string of the molecule is C=C(C)N1CCC(OCNC(=O)[C@@H]2CC[C@@H]3CN2C(=O)N3OCc2ccccc2)CC1. The lowest BCUT2D eigenvalue weighted by Crippen LogP contribution is -2.50. The first-order chi connectivity index (χ1) is 15.0. The van der Waals surface area contributed by atoms with Crippen molar-refractivity contribution in [2.75, 3.05) is 26.4 Å². The number of piperidine rings is 2. The van der Waals surface area contributed by atoms with E-state index in [4.69, 9.17) is 9.57 Å². The van der Waals surface area contributed by atoms with Gasteiger partial charge in [-0.05, 0) is 38.2 Å². The van der Waals surface area contributed by atoms with Crippen LogP contribution in [0.3, 0.4) is 0 Å². The summed E-state index contributed by atoms with van der Waals surface area (Å²) in [7, 11) is 0. The summed E-state index contributed by atoms with van der Waals surface area (Å²) < 4.78 is 5.86. The Kier molecular flexibility index (Phi) is 6.77. The summed E-state index contributed by atoms with van der Waals surface area (Å²) in [6.07, 6.45) is 3.36. The lowest BCUT2D eigenvalue weighted by Gasteiger charge is -2.34. The summed E-state index contributed by atoms with van der Waals surface area (Å²) in [5, 5.41) is 4.31. The van der Waals surface area contributed by atoms with Crippen LogP contribution in [0.4, 0.5) is 4.79 Å². The van der Waals surface area contributed by atoms with Crippen LogP contribution in [-0.4, -0.2) is 71.4 Å². The second-order valence-corrected chi connectivity index (χ2v) is 8.54.